The molecule has 0 aliphatic heterocycles. The molecular weight excluding hydrogens is 347 g/mol. The summed E-state index contributed by atoms with van der Waals surface area (Å²) in [5.74, 6) is 0.273. The van der Waals surface area contributed by atoms with Gasteiger partial charge in [-0.25, -0.2) is 4.39 Å². The van der Waals surface area contributed by atoms with Crippen LogP contribution in [0.1, 0.15) is 48.7 Å². The zero-order valence-electron chi connectivity index (χ0n) is 14.9. The van der Waals surface area contributed by atoms with E-state index >= 15 is 0 Å². The third-order valence-corrected chi connectivity index (χ3v) is 6.29. The zero-order chi connectivity index (χ0) is 18.1. The molecule has 136 valence electrons. The van der Waals surface area contributed by atoms with Gasteiger partial charge >= 0.3 is 0 Å². The third-order valence-electron chi connectivity index (χ3n) is 5.44. The van der Waals surface area contributed by atoms with Crippen molar-refractivity contribution in [3.8, 4) is 0 Å². The smallest absolute Gasteiger partial charge is 0.268 e. The normalized spacial score (nSPS) is 20.4. The van der Waals surface area contributed by atoms with Gasteiger partial charge in [0.2, 0.25) is 0 Å². The van der Waals surface area contributed by atoms with Crippen molar-refractivity contribution in [1.82, 2.24) is 9.88 Å². The van der Waals surface area contributed by atoms with E-state index in [4.69, 9.17) is 0 Å². The number of carbonyl (C=O) groups is 1. The van der Waals surface area contributed by atoms with Crippen LogP contribution in [0.5, 0.6) is 0 Å². The van der Waals surface area contributed by atoms with Gasteiger partial charge in [-0.1, -0.05) is 31.9 Å². The molecule has 0 unspecified atom stereocenters. The highest BCUT2D eigenvalue weighted by Gasteiger charge is 2.25. The number of rotatable bonds is 4. The van der Waals surface area contributed by atoms with Crippen LogP contribution < -0.4 is 5.32 Å². The van der Waals surface area contributed by atoms with Crippen LogP contribution in [0.3, 0.4) is 0 Å². The molecule has 1 saturated carbocycles. The average molecular weight is 370 g/mol. The minimum Gasteiger partial charge on any atom is -0.348 e. The number of thiophene rings is 1. The second kappa shape index (κ2) is 7.23. The summed E-state index contributed by atoms with van der Waals surface area (Å²) in [6, 6.07) is 10.8. The Labute approximate surface area is 156 Å². The van der Waals surface area contributed by atoms with Crippen molar-refractivity contribution in [3.63, 3.8) is 0 Å². The highest BCUT2D eigenvalue weighted by atomic mass is 32.1. The fraction of sp³-hybridized carbons (Fsp3) is 0.381. The molecule has 4 rings (SSSR count). The Morgan fingerprint density at radius 1 is 1.23 bits per heavy atom. The molecular formula is C21H23FN2OS. The van der Waals surface area contributed by atoms with E-state index < -0.39 is 0 Å². The summed E-state index contributed by atoms with van der Waals surface area (Å²) >= 11 is 1.64. The Morgan fingerprint density at radius 2 is 2.00 bits per heavy atom. The Bertz CT molecular complexity index is 912. The highest BCUT2D eigenvalue weighted by molar-refractivity contribution is 7.17. The summed E-state index contributed by atoms with van der Waals surface area (Å²) in [6.07, 6.45) is 4.67. The molecule has 0 radical (unpaired) electrons. The van der Waals surface area contributed by atoms with Crippen LogP contribution in [0.15, 0.2) is 41.8 Å². The van der Waals surface area contributed by atoms with Gasteiger partial charge in [-0.05, 0) is 54.0 Å². The number of carbonyl (C=O) groups excluding carboxylic acids is 1. The first-order valence-electron chi connectivity index (χ1n) is 9.24. The molecule has 5 heteroatoms. The molecule has 1 aliphatic rings. The largest absolute Gasteiger partial charge is 0.348 e. The van der Waals surface area contributed by atoms with Crippen LogP contribution in [-0.2, 0) is 6.54 Å². The predicted octanol–water partition coefficient (Wildman–Crippen LogP) is 5.20. The van der Waals surface area contributed by atoms with Gasteiger partial charge in [0.15, 0.2) is 0 Å². The second-order valence-corrected chi connectivity index (χ2v) is 8.20. The van der Waals surface area contributed by atoms with Gasteiger partial charge in [-0.2, -0.15) is 0 Å². The van der Waals surface area contributed by atoms with E-state index in [-0.39, 0.29) is 17.8 Å². The SMILES string of the molecule is C[C@H]1CCCC[C@@H]1NC(=O)c1cc2sccc2n1Cc1ccc(F)cc1. The summed E-state index contributed by atoms with van der Waals surface area (Å²) in [7, 11) is 0. The Kier molecular flexibility index (Phi) is 4.81. The standard InChI is InChI=1S/C21H23FN2OS/c1-14-4-2-3-5-17(14)23-21(25)19-12-20-18(10-11-26-20)24(19)13-15-6-8-16(22)9-7-15/h6-12,14,17H,2-5,13H2,1H3,(H,23,25)/t14-,17-/m0/s1. The molecule has 26 heavy (non-hydrogen) atoms. The van der Waals surface area contributed by atoms with E-state index in [1.807, 2.05) is 22.1 Å². The Hall–Kier alpha value is -2.14. The summed E-state index contributed by atoms with van der Waals surface area (Å²) in [5, 5.41) is 5.29. The molecule has 0 bridgehead atoms. The summed E-state index contributed by atoms with van der Waals surface area (Å²) in [4.78, 5) is 13.0. The molecule has 0 saturated heterocycles. The fourth-order valence-corrected chi connectivity index (χ4v) is 4.70. The third kappa shape index (κ3) is 3.40. The van der Waals surface area contributed by atoms with Crippen LogP contribution in [0, 0.1) is 11.7 Å². The fourth-order valence-electron chi connectivity index (χ4n) is 3.88. The lowest BCUT2D eigenvalue weighted by molar-refractivity contribution is 0.0901. The Balaban J connectivity index is 1.62. The van der Waals surface area contributed by atoms with Gasteiger partial charge in [0.05, 0.1) is 10.2 Å². The number of fused-ring (bicyclic) bond motifs is 1. The highest BCUT2D eigenvalue weighted by Crippen LogP contribution is 2.28. The number of hydrogen-bond acceptors (Lipinski definition) is 2. The number of nitrogens with zero attached hydrogens (tertiary/aromatic N) is 1. The van der Waals surface area contributed by atoms with Crippen LogP contribution in [-0.4, -0.2) is 16.5 Å². The minimum absolute atomic E-state index is 0.00531. The molecule has 1 aromatic carbocycles. The average Bonchev–Trinajstić information content (AvgIpc) is 3.21. The molecule has 1 fully saturated rings. The minimum atomic E-state index is -0.244. The lowest BCUT2D eigenvalue weighted by atomic mass is 9.86. The van der Waals surface area contributed by atoms with Crippen LogP contribution >= 0.6 is 11.3 Å². The lowest BCUT2D eigenvalue weighted by Crippen LogP contribution is -2.41. The van der Waals surface area contributed by atoms with Gasteiger partial charge in [0.25, 0.3) is 5.91 Å². The molecule has 2 aromatic heterocycles. The number of benzene rings is 1. The molecule has 1 aliphatic carbocycles. The van der Waals surface area contributed by atoms with E-state index in [9.17, 15) is 9.18 Å². The summed E-state index contributed by atoms with van der Waals surface area (Å²) in [6.45, 7) is 2.78. The Morgan fingerprint density at radius 3 is 2.77 bits per heavy atom. The van der Waals surface area contributed by atoms with Gasteiger partial charge in [-0.3, -0.25) is 4.79 Å². The van der Waals surface area contributed by atoms with E-state index in [0.29, 0.717) is 18.2 Å². The number of amides is 1. The molecule has 1 N–H and O–H groups in total. The van der Waals surface area contributed by atoms with Crippen molar-refractivity contribution in [2.45, 2.75) is 45.2 Å². The first-order valence-corrected chi connectivity index (χ1v) is 10.1. The van der Waals surface area contributed by atoms with Crippen molar-refractivity contribution in [3.05, 3.63) is 58.9 Å². The molecule has 0 spiro atoms. The van der Waals surface area contributed by atoms with Crippen LogP contribution in [0.2, 0.25) is 0 Å². The number of halogens is 1. The molecule has 3 aromatic rings. The molecule has 3 nitrogen and oxygen atoms in total. The van der Waals surface area contributed by atoms with Crippen molar-refractivity contribution in [2.75, 3.05) is 0 Å². The predicted molar refractivity (Wildman–Crippen MR) is 104 cm³/mol. The first kappa shape index (κ1) is 17.3. The van der Waals surface area contributed by atoms with Crippen molar-refractivity contribution < 1.29 is 9.18 Å². The first-order chi connectivity index (χ1) is 12.6. The topological polar surface area (TPSA) is 34.0 Å². The number of nitrogens with one attached hydrogen (secondary N) is 1. The monoisotopic (exact) mass is 370 g/mol. The maximum Gasteiger partial charge on any atom is 0.268 e. The van der Waals surface area contributed by atoms with E-state index in [0.717, 1.165) is 22.2 Å². The van der Waals surface area contributed by atoms with Gasteiger partial charge in [0.1, 0.15) is 11.5 Å². The van der Waals surface area contributed by atoms with Crippen LogP contribution in [0.4, 0.5) is 4.39 Å². The van der Waals surface area contributed by atoms with Crippen molar-refractivity contribution in [2.24, 2.45) is 5.92 Å². The van der Waals surface area contributed by atoms with Gasteiger partial charge in [0, 0.05) is 12.6 Å². The molecule has 2 heterocycles. The van der Waals surface area contributed by atoms with Crippen molar-refractivity contribution >= 4 is 27.5 Å². The van der Waals surface area contributed by atoms with Gasteiger partial charge < -0.3 is 9.88 Å². The summed E-state index contributed by atoms with van der Waals surface area (Å²) < 4.78 is 16.4. The quantitative estimate of drug-likeness (QED) is 0.673. The molecule has 2 atom stereocenters. The van der Waals surface area contributed by atoms with Crippen molar-refractivity contribution in [1.29, 1.82) is 0 Å². The lowest BCUT2D eigenvalue weighted by Gasteiger charge is -2.29. The zero-order valence-corrected chi connectivity index (χ0v) is 15.7. The maximum absolute atomic E-state index is 13.2. The summed E-state index contributed by atoms with van der Waals surface area (Å²) in [5.41, 5.74) is 2.73. The maximum atomic E-state index is 13.2. The second-order valence-electron chi connectivity index (χ2n) is 7.25. The van der Waals surface area contributed by atoms with Gasteiger partial charge in [-0.15, -0.1) is 11.3 Å². The van der Waals surface area contributed by atoms with Crippen LogP contribution in [0.25, 0.3) is 10.2 Å². The molecule has 1 amide bonds. The van der Waals surface area contributed by atoms with E-state index in [2.05, 4.69) is 12.2 Å². The van der Waals surface area contributed by atoms with E-state index in [1.165, 1.54) is 31.4 Å². The number of aromatic nitrogens is 1. The number of hydrogen-bond donors (Lipinski definition) is 1. The van der Waals surface area contributed by atoms with E-state index in [1.54, 1.807) is 23.5 Å².